The van der Waals surface area contributed by atoms with Gasteiger partial charge in [-0.25, -0.2) is 0 Å². The summed E-state index contributed by atoms with van der Waals surface area (Å²) in [5.74, 6) is -0.139. The van der Waals surface area contributed by atoms with Crippen LogP contribution in [0.3, 0.4) is 0 Å². The monoisotopic (exact) mass is 372 g/mol. The van der Waals surface area contributed by atoms with Crippen molar-refractivity contribution in [3.63, 3.8) is 0 Å². The van der Waals surface area contributed by atoms with E-state index in [1.807, 2.05) is 18.2 Å². The van der Waals surface area contributed by atoms with Crippen molar-refractivity contribution < 1.29 is 52.4 Å². The van der Waals surface area contributed by atoms with Crippen LogP contribution in [0.4, 0.5) is 0 Å². The maximum absolute atomic E-state index is 11.5. The van der Waals surface area contributed by atoms with E-state index in [-0.39, 0.29) is 35.3 Å². The third-order valence-corrected chi connectivity index (χ3v) is 4.53. The van der Waals surface area contributed by atoms with E-state index in [1.54, 1.807) is 6.07 Å². The number of hydrogen-bond acceptors (Lipinski definition) is 4. The number of hydrogen-bond donors (Lipinski definition) is 1. The van der Waals surface area contributed by atoms with Gasteiger partial charge in [0.05, 0.1) is 0 Å². The van der Waals surface area contributed by atoms with E-state index in [9.17, 15) is 18.1 Å². The fourth-order valence-corrected chi connectivity index (χ4v) is 3.02. The van der Waals surface area contributed by atoms with E-state index >= 15 is 0 Å². The van der Waals surface area contributed by atoms with E-state index in [2.05, 4.69) is 6.92 Å². The van der Waals surface area contributed by atoms with Crippen molar-refractivity contribution in [2.75, 3.05) is 0 Å². The SMILES string of the molecule is CCCCCCc1cccc(Oc2cc([O-])ccc2S(=O)(=O)O)c1.[Na+]. The second-order valence-electron chi connectivity index (χ2n) is 5.64. The Hall–Kier alpha value is -1.05. The molecule has 0 aliphatic heterocycles. The predicted octanol–water partition coefficient (Wildman–Crippen LogP) is 0.926. The van der Waals surface area contributed by atoms with Crippen LogP contribution in [0.5, 0.6) is 17.2 Å². The molecule has 0 spiro atoms. The average Bonchev–Trinajstić information content (AvgIpc) is 2.51. The topological polar surface area (TPSA) is 86.7 Å². The molecular weight excluding hydrogens is 351 g/mol. The number of unbranched alkanes of at least 4 members (excludes halogenated alkanes) is 3. The number of ether oxygens (including phenoxy) is 1. The summed E-state index contributed by atoms with van der Waals surface area (Å²) in [5.41, 5.74) is 1.08. The van der Waals surface area contributed by atoms with Gasteiger partial charge < -0.3 is 9.84 Å². The van der Waals surface area contributed by atoms with Gasteiger partial charge in [0.1, 0.15) is 16.4 Å². The van der Waals surface area contributed by atoms with E-state index in [0.717, 1.165) is 43.0 Å². The molecule has 2 rings (SSSR count). The van der Waals surface area contributed by atoms with Crippen molar-refractivity contribution in [3.05, 3.63) is 48.0 Å². The first-order valence-electron chi connectivity index (χ1n) is 7.95. The summed E-state index contributed by atoms with van der Waals surface area (Å²) in [5, 5.41) is 11.5. The zero-order chi connectivity index (χ0) is 17.6. The summed E-state index contributed by atoms with van der Waals surface area (Å²) in [4.78, 5) is -0.421. The minimum atomic E-state index is -4.46. The molecule has 0 aliphatic rings. The summed E-state index contributed by atoms with van der Waals surface area (Å²) >= 11 is 0. The van der Waals surface area contributed by atoms with Gasteiger partial charge >= 0.3 is 29.6 Å². The van der Waals surface area contributed by atoms with Crippen LogP contribution in [0.2, 0.25) is 0 Å². The summed E-state index contributed by atoms with van der Waals surface area (Å²) in [6.07, 6.45) is 5.51. The van der Waals surface area contributed by atoms with Crippen molar-refractivity contribution >= 4 is 10.1 Å². The Morgan fingerprint density at radius 1 is 1.08 bits per heavy atom. The largest absolute Gasteiger partial charge is 1.00 e. The summed E-state index contributed by atoms with van der Waals surface area (Å²) < 4.78 is 37.6. The van der Waals surface area contributed by atoms with Gasteiger partial charge in [-0.2, -0.15) is 8.42 Å². The molecule has 2 aromatic carbocycles. The van der Waals surface area contributed by atoms with Crippen LogP contribution in [0.15, 0.2) is 47.4 Å². The van der Waals surface area contributed by atoms with Crippen LogP contribution in [0, 0.1) is 0 Å². The van der Waals surface area contributed by atoms with E-state index in [4.69, 9.17) is 4.74 Å². The molecule has 0 radical (unpaired) electrons. The molecule has 0 aromatic heterocycles. The standard InChI is InChI=1S/C18H22O5S.Na/c1-2-3-4-5-7-14-8-6-9-16(12-14)23-17-13-15(19)10-11-18(17)24(20,21)22;/h6,8-13,19H,2-5,7H2,1H3,(H,20,21,22);/q;+1/p-1. The first-order chi connectivity index (χ1) is 11.4. The Kier molecular flexibility index (Phi) is 8.96. The van der Waals surface area contributed by atoms with Crippen molar-refractivity contribution in [2.45, 2.75) is 43.9 Å². The fraction of sp³-hybridized carbons (Fsp3) is 0.333. The van der Waals surface area contributed by atoms with Gasteiger partial charge in [-0.05, 0) is 42.7 Å². The molecule has 0 amide bonds. The first-order valence-corrected chi connectivity index (χ1v) is 9.39. The van der Waals surface area contributed by atoms with Crippen molar-refractivity contribution in [1.29, 1.82) is 0 Å². The minimum absolute atomic E-state index is 0. The zero-order valence-corrected chi connectivity index (χ0v) is 17.4. The molecule has 7 heteroatoms. The van der Waals surface area contributed by atoms with Gasteiger partial charge in [-0.15, -0.1) is 5.75 Å². The minimum Gasteiger partial charge on any atom is -0.872 e. The fourth-order valence-electron chi connectivity index (χ4n) is 2.43. The molecule has 0 heterocycles. The maximum Gasteiger partial charge on any atom is 1.00 e. The van der Waals surface area contributed by atoms with Crippen LogP contribution in [0.1, 0.15) is 38.2 Å². The summed E-state index contributed by atoms with van der Waals surface area (Å²) in [6.45, 7) is 2.16. The van der Waals surface area contributed by atoms with Gasteiger partial charge in [0, 0.05) is 0 Å². The van der Waals surface area contributed by atoms with E-state index in [1.165, 1.54) is 12.8 Å². The Morgan fingerprint density at radius 3 is 2.52 bits per heavy atom. The van der Waals surface area contributed by atoms with Crippen molar-refractivity contribution in [3.8, 4) is 17.2 Å². The second-order valence-corrected chi connectivity index (χ2v) is 7.03. The molecule has 25 heavy (non-hydrogen) atoms. The quantitative estimate of drug-likeness (QED) is 0.423. The molecule has 1 N–H and O–H groups in total. The first kappa shape index (κ1) is 22.0. The van der Waals surface area contributed by atoms with Crippen LogP contribution in [0.25, 0.3) is 0 Å². The van der Waals surface area contributed by atoms with Crippen molar-refractivity contribution in [2.24, 2.45) is 0 Å². The van der Waals surface area contributed by atoms with Gasteiger partial charge in [0.2, 0.25) is 0 Å². The predicted molar refractivity (Wildman–Crippen MR) is 90.1 cm³/mol. The number of benzene rings is 2. The molecule has 0 fully saturated rings. The molecule has 0 aliphatic carbocycles. The molecule has 0 atom stereocenters. The van der Waals surface area contributed by atoms with E-state index < -0.39 is 20.8 Å². The average molecular weight is 372 g/mol. The number of rotatable bonds is 8. The Labute approximate surface area is 171 Å². The van der Waals surface area contributed by atoms with E-state index in [0.29, 0.717) is 5.75 Å². The van der Waals surface area contributed by atoms with Gasteiger partial charge in [0.25, 0.3) is 10.1 Å². The van der Waals surface area contributed by atoms with Crippen LogP contribution in [-0.4, -0.2) is 13.0 Å². The van der Waals surface area contributed by atoms with Gasteiger partial charge in [-0.1, -0.05) is 44.4 Å². The summed E-state index contributed by atoms with van der Waals surface area (Å²) in [6, 6.07) is 10.5. The van der Waals surface area contributed by atoms with Gasteiger partial charge in [0.15, 0.2) is 0 Å². The maximum atomic E-state index is 11.5. The second kappa shape index (κ2) is 10.2. The van der Waals surface area contributed by atoms with Crippen LogP contribution in [-0.2, 0) is 16.5 Å². The Balaban J connectivity index is 0.00000312. The molecule has 2 aromatic rings. The zero-order valence-electron chi connectivity index (χ0n) is 14.6. The summed E-state index contributed by atoms with van der Waals surface area (Å²) in [7, 11) is -4.46. The molecular formula is C18H21NaO5S. The molecule has 0 saturated carbocycles. The normalized spacial score (nSPS) is 11.0. The number of aryl methyl sites for hydroxylation is 1. The van der Waals surface area contributed by atoms with Gasteiger partial charge in [-0.3, -0.25) is 4.55 Å². The molecule has 0 saturated heterocycles. The molecule has 5 nitrogen and oxygen atoms in total. The molecule has 0 unspecified atom stereocenters. The van der Waals surface area contributed by atoms with Crippen LogP contribution < -0.4 is 39.4 Å². The Bertz CT molecular complexity index is 790. The van der Waals surface area contributed by atoms with Crippen molar-refractivity contribution in [1.82, 2.24) is 0 Å². The molecule has 130 valence electrons. The third kappa shape index (κ3) is 6.99. The molecule has 0 bridgehead atoms. The Morgan fingerprint density at radius 2 is 1.84 bits per heavy atom. The third-order valence-electron chi connectivity index (χ3n) is 3.64. The smallest absolute Gasteiger partial charge is 0.872 e. The van der Waals surface area contributed by atoms with Crippen LogP contribution >= 0.6 is 0 Å².